The number of halogens is 3. The van der Waals surface area contributed by atoms with Crippen LogP contribution in [0.15, 0.2) is 0 Å². The molecule has 0 aliphatic heterocycles. The van der Waals surface area contributed by atoms with Crippen LogP contribution in [-0.4, -0.2) is 15.9 Å². The maximum absolute atomic E-state index is 11.7. The number of rotatable bonds is 1. The van der Waals surface area contributed by atoms with Crippen LogP contribution in [0.4, 0.5) is 0 Å². The molecule has 0 heterocycles. The first-order chi connectivity index (χ1) is 7.57. The summed E-state index contributed by atoms with van der Waals surface area (Å²) in [6.45, 7) is 6.44. The highest BCUT2D eigenvalue weighted by molar-refractivity contribution is 6.75. The number of esters is 1. The van der Waals surface area contributed by atoms with Crippen LogP contribution in [0.3, 0.4) is 0 Å². The van der Waals surface area contributed by atoms with E-state index in [0.717, 1.165) is 12.8 Å². The molecule has 0 aromatic heterocycles. The monoisotopic (exact) mass is 298 g/mol. The maximum atomic E-state index is 11.7. The van der Waals surface area contributed by atoms with Crippen molar-refractivity contribution in [2.75, 3.05) is 0 Å². The maximum Gasteiger partial charge on any atom is 0.358 e. The fraction of sp³-hybridized carbons (Fsp3) is 0.917. The smallest absolute Gasteiger partial charge is 0.358 e. The third-order valence-electron chi connectivity index (χ3n) is 4.59. The number of hydrogen-bond acceptors (Lipinski definition) is 2. The van der Waals surface area contributed by atoms with Crippen molar-refractivity contribution in [2.24, 2.45) is 16.7 Å². The Morgan fingerprint density at radius 1 is 1.29 bits per heavy atom. The van der Waals surface area contributed by atoms with E-state index < -0.39 is 9.76 Å². The minimum Gasteiger partial charge on any atom is -0.458 e. The first-order valence-electron chi connectivity index (χ1n) is 5.85. The Hall–Kier alpha value is 0.340. The predicted octanol–water partition coefficient (Wildman–Crippen LogP) is 4.11. The highest BCUT2D eigenvalue weighted by Crippen LogP contribution is 2.63. The van der Waals surface area contributed by atoms with E-state index in [0.29, 0.717) is 5.92 Å². The van der Waals surface area contributed by atoms with Crippen LogP contribution in [0.25, 0.3) is 0 Å². The van der Waals surface area contributed by atoms with Crippen LogP contribution < -0.4 is 0 Å². The highest BCUT2D eigenvalue weighted by Gasteiger charge is 2.62. The van der Waals surface area contributed by atoms with Gasteiger partial charge in [0.15, 0.2) is 0 Å². The molecule has 17 heavy (non-hydrogen) atoms. The molecule has 2 fully saturated rings. The Bertz CT molecular complexity index is 343. The number of ether oxygens (including phenoxy) is 1. The molecule has 5 heteroatoms. The molecule has 2 bridgehead atoms. The first kappa shape index (κ1) is 13.8. The molecule has 2 rings (SSSR count). The zero-order valence-corrected chi connectivity index (χ0v) is 12.5. The molecule has 0 radical (unpaired) electrons. The van der Waals surface area contributed by atoms with Crippen molar-refractivity contribution in [2.45, 2.75) is 49.9 Å². The number of fused-ring (bicyclic) bond motifs is 2. The second kappa shape index (κ2) is 3.91. The number of carbonyl (C=O) groups is 1. The van der Waals surface area contributed by atoms with Gasteiger partial charge in [0.25, 0.3) is 3.79 Å². The van der Waals surface area contributed by atoms with Crippen molar-refractivity contribution in [3.8, 4) is 0 Å². The van der Waals surface area contributed by atoms with Crippen LogP contribution >= 0.6 is 34.8 Å². The summed E-state index contributed by atoms with van der Waals surface area (Å²) in [5, 5.41) is 0. The van der Waals surface area contributed by atoms with Gasteiger partial charge in [0.2, 0.25) is 0 Å². The summed E-state index contributed by atoms with van der Waals surface area (Å²) in [7, 11) is 0. The van der Waals surface area contributed by atoms with E-state index in [9.17, 15) is 4.79 Å². The molecule has 0 N–H and O–H groups in total. The second-order valence-electron chi connectivity index (χ2n) is 6.20. The van der Waals surface area contributed by atoms with Gasteiger partial charge in [-0.1, -0.05) is 55.6 Å². The summed E-state index contributed by atoms with van der Waals surface area (Å²) >= 11 is 16.7. The summed E-state index contributed by atoms with van der Waals surface area (Å²) in [4.78, 5) is 11.7. The molecule has 0 aromatic carbocycles. The van der Waals surface area contributed by atoms with Gasteiger partial charge in [-0.2, -0.15) is 0 Å². The highest BCUT2D eigenvalue weighted by atomic mass is 35.6. The molecule has 2 aliphatic rings. The van der Waals surface area contributed by atoms with Gasteiger partial charge in [0.05, 0.1) is 0 Å². The van der Waals surface area contributed by atoms with Gasteiger partial charge in [0.1, 0.15) is 6.10 Å². The molecule has 98 valence electrons. The molecular weight excluding hydrogens is 282 g/mol. The van der Waals surface area contributed by atoms with Crippen molar-refractivity contribution in [3.63, 3.8) is 0 Å². The third-order valence-corrected chi connectivity index (χ3v) is 5.06. The molecule has 0 spiro atoms. The molecule has 2 saturated carbocycles. The number of hydrogen-bond donors (Lipinski definition) is 0. The first-order valence-corrected chi connectivity index (χ1v) is 6.98. The lowest BCUT2D eigenvalue weighted by Gasteiger charge is -2.42. The van der Waals surface area contributed by atoms with Gasteiger partial charge in [0, 0.05) is 10.8 Å². The third kappa shape index (κ3) is 2.17. The van der Waals surface area contributed by atoms with Gasteiger partial charge in [-0.05, 0) is 25.2 Å². The van der Waals surface area contributed by atoms with Crippen LogP contribution in [0, 0.1) is 16.7 Å². The SMILES string of the molecule is CC1(C)[C@@H]2CC[C@](C)(C2)[C@@H]1OC(=O)C(Cl)(Cl)Cl. The summed E-state index contributed by atoms with van der Waals surface area (Å²) < 4.78 is 3.52. The van der Waals surface area contributed by atoms with E-state index in [1.165, 1.54) is 6.42 Å². The minimum atomic E-state index is -1.98. The Kier molecular flexibility index (Phi) is 3.17. The lowest BCUT2D eigenvalue weighted by atomic mass is 9.70. The minimum absolute atomic E-state index is 0.0292. The normalized spacial score (nSPS) is 39.4. The van der Waals surface area contributed by atoms with E-state index in [1.807, 2.05) is 0 Å². The van der Waals surface area contributed by atoms with Crippen molar-refractivity contribution in [1.82, 2.24) is 0 Å². The van der Waals surface area contributed by atoms with Gasteiger partial charge < -0.3 is 4.74 Å². The fourth-order valence-electron chi connectivity index (χ4n) is 3.72. The topological polar surface area (TPSA) is 26.3 Å². The molecule has 0 unspecified atom stereocenters. The Balaban J connectivity index is 2.19. The Labute approximate surface area is 117 Å². The quantitative estimate of drug-likeness (QED) is 0.538. The van der Waals surface area contributed by atoms with E-state index in [2.05, 4.69) is 20.8 Å². The fourth-order valence-corrected chi connectivity index (χ4v) is 3.86. The van der Waals surface area contributed by atoms with Crippen molar-refractivity contribution >= 4 is 40.8 Å². The lowest BCUT2D eigenvalue weighted by molar-refractivity contribution is -0.163. The van der Waals surface area contributed by atoms with Crippen LogP contribution in [0.2, 0.25) is 0 Å². The average Bonchev–Trinajstić information content (AvgIpc) is 2.62. The number of alkyl halides is 3. The standard InChI is InChI=1S/C12H17Cl3O2/c1-10(2)7-4-5-11(3,6-7)8(10)17-9(16)12(13,14)15/h7-8H,4-6H2,1-3H3/t7-,8-,11-/m1/s1. The summed E-state index contributed by atoms with van der Waals surface area (Å²) in [6, 6.07) is 0. The largest absolute Gasteiger partial charge is 0.458 e. The molecule has 2 nitrogen and oxygen atoms in total. The molecule has 0 saturated heterocycles. The predicted molar refractivity (Wildman–Crippen MR) is 69.4 cm³/mol. The van der Waals surface area contributed by atoms with Crippen LogP contribution in [0.1, 0.15) is 40.0 Å². The molecule has 3 atom stereocenters. The second-order valence-corrected chi connectivity index (χ2v) is 8.48. The summed E-state index contributed by atoms with van der Waals surface area (Å²) in [5.41, 5.74) is 0.0122. The van der Waals surface area contributed by atoms with Gasteiger partial charge in [-0.15, -0.1) is 0 Å². The molecule has 0 aromatic rings. The Morgan fingerprint density at radius 2 is 1.88 bits per heavy atom. The van der Waals surface area contributed by atoms with E-state index >= 15 is 0 Å². The van der Waals surface area contributed by atoms with Crippen LogP contribution in [-0.2, 0) is 9.53 Å². The van der Waals surface area contributed by atoms with E-state index in [4.69, 9.17) is 39.5 Å². The van der Waals surface area contributed by atoms with E-state index in [-0.39, 0.29) is 16.9 Å². The van der Waals surface area contributed by atoms with Crippen molar-refractivity contribution < 1.29 is 9.53 Å². The lowest BCUT2D eigenvalue weighted by Crippen LogP contribution is -2.45. The van der Waals surface area contributed by atoms with Gasteiger partial charge >= 0.3 is 5.97 Å². The summed E-state index contributed by atoms with van der Waals surface area (Å²) in [6.07, 6.45) is 3.22. The van der Waals surface area contributed by atoms with Crippen molar-refractivity contribution in [3.05, 3.63) is 0 Å². The zero-order chi connectivity index (χ0) is 13.1. The zero-order valence-electron chi connectivity index (χ0n) is 10.2. The van der Waals surface area contributed by atoms with Gasteiger partial charge in [-0.3, -0.25) is 0 Å². The van der Waals surface area contributed by atoms with Crippen molar-refractivity contribution in [1.29, 1.82) is 0 Å². The van der Waals surface area contributed by atoms with Crippen LogP contribution in [0.5, 0.6) is 0 Å². The summed E-state index contributed by atoms with van der Waals surface area (Å²) in [5.74, 6) is -0.157. The molecule has 2 aliphatic carbocycles. The Morgan fingerprint density at radius 3 is 2.29 bits per heavy atom. The average molecular weight is 300 g/mol. The van der Waals surface area contributed by atoms with Gasteiger partial charge in [-0.25, -0.2) is 4.79 Å². The molecule has 0 amide bonds. The van der Waals surface area contributed by atoms with E-state index in [1.54, 1.807) is 0 Å². The molecular formula is C12H17Cl3O2. The number of carbonyl (C=O) groups excluding carboxylic acids is 1.